The molecule has 2 unspecified atom stereocenters. The van der Waals surface area contributed by atoms with Gasteiger partial charge in [0.1, 0.15) is 5.75 Å². The summed E-state index contributed by atoms with van der Waals surface area (Å²) in [6, 6.07) is 7.92. The minimum atomic E-state index is 0.261. The van der Waals surface area contributed by atoms with E-state index in [1.807, 2.05) is 18.2 Å². The summed E-state index contributed by atoms with van der Waals surface area (Å²) in [7, 11) is 0. The molecule has 108 valence electrons. The Kier molecular flexibility index (Phi) is 7.57. The quantitative estimate of drug-likeness (QED) is 0.679. The van der Waals surface area contributed by atoms with Gasteiger partial charge in [-0.05, 0) is 31.4 Å². The molecule has 1 rings (SSSR count). The Morgan fingerprint density at radius 3 is 2.42 bits per heavy atom. The first kappa shape index (κ1) is 16.0. The Hall–Kier alpha value is -1.02. The number of rotatable bonds is 9. The van der Waals surface area contributed by atoms with Crippen molar-refractivity contribution in [3.8, 4) is 5.75 Å². The van der Waals surface area contributed by atoms with Crippen molar-refractivity contribution in [2.24, 2.45) is 5.92 Å². The maximum Gasteiger partial charge on any atom is 0.120 e. The van der Waals surface area contributed by atoms with Crippen LogP contribution in [0.2, 0.25) is 0 Å². The molecule has 2 N–H and O–H groups in total. The third-order valence-electron chi connectivity index (χ3n) is 3.92. The fourth-order valence-corrected chi connectivity index (χ4v) is 2.51. The van der Waals surface area contributed by atoms with Gasteiger partial charge in [-0.1, -0.05) is 58.2 Å². The molecular formula is C17H29NO. The van der Waals surface area contributed by atoms with Crippen molar-refractivity contribution < 1.29 is 5.11 Å². The lowest BCUT2D eigenvalue weighted by molar-refractivity contribution is 0.378. The van der Waals surface area contributed by atoms with E-state index in [1.54, 1.807) is 6.07 Å². The third kappa shape index (κ3) is 5.23. The number of hydrogen-bond donors (Lipinski definition) is 2. The lowest BCUT2D eigenvalue weighted by atomic mass is 9.97. The molecule has 0 aromatic heterocycles. The van der Waals surface area contributed by atoms with Crippen LogP contribution in [-0.4, -0.2) is 11.7 Å². The van der Waals surface area contributed by atoms with Crippen molar-refractivity contribution in [1.29, 1.82) is 0 Å². The van der Waals surface area contributed by atoms with E-state index in [2.05, 4.69) is 26.1 Å². The average molecular weight is 263 g/mol. The number of unbranched alkanes of at least 4 members (excludes halogenated alkanes) is 1. The highest BCUT2D eigenvalue weighted by atomic mass is 16.3. The summed E-state index contributed by atoms with van der Waals surface area (Å²) >= 11 is 0. The summed E-state index contributed by atoms with van der Waals surface area (Å²) in [6.45, 7) is 7.72. The fourth-order valence-electron chi connectivity index (χ4n) is 2.51. The predicted octanol–water partition coefficient (Wildman–Crippen LogP) is 4.65. The largest absolute Gasteiger partial charge is 0.508 e. The van der Waals surface area contributed by atoms with Gasteiger partial charge in [-0.3, -0.25) is 0 Å². The second-order valence-corrected chi connectivity index (χ2v) is 5.34. The van der Waals surface area contributed by atoms with Gasteiger partial charge in [0, 0.05) is 11.6 Å². The molecule has 0 spiro atoms. The molecule has 0 aliphatic heterocycles. The van der Waals surface area contributed by atoms with Gasteiger partial charge in [0.15, 0.2) is 0 Å². The van der Waals surface area contributed by atoms with E-state index in [0.29, 0.717) is 5.75 Å². The minimum absolute atomic E-state index is 0.261. The van der Waals surface area contributed by atoms with Crippen molar-refractivity contribution in [1.82, 2.24) is 5.32 Å². The van der Waals surface area contributed by atoms with Crippen molar-refractivity contribution in [3.05, 3.63) is 29.8 Å². The molecule has 0 bridgehead atoms. The van der Waals surface area contributed by atoms with Crippen LogP contribution in [0.15, 0.2) is 24.3 Å². The number of phenolic OH excluding ortho intramolecular Hbond substituents is 1. The number of phenols is 1. The molecule has 2 heteroatoms. The summed E-state index contributed by atoms with van der Waals surface area (Å²) in [6.07, 6.45) is 6.12. The molecular weight excluding hydrogens is 234 g/mol. The van der Waals surface area contributed by atoms with Gasteiger partial charge in [0.2, 0.25) is 0 Å². The number of aromatic hydroxyl groups is 1. The van der Waals surface area contributed by atoms with Crippen LogP contribution in [0.4, 0.5) is 0 Å². The molecule has 2 atom stereocenters. The van der Waals surface area contributed by atoms with Crippen molar-refractivity contribution in [2.75, 3.05) is 6.54 Å². The van der Waals surface area contributed by atoms with Gasteiger partial charge >= 0.3 is 0 Å². The van der Waals surface area contributed by atoms with Crippen molar-refractivity contribution in [3.63, 3.8) is 0 Å². The Balaban J connectivity index is 2.55. The summed E-state index contributed by atoms with van der Waals surface area (Å²) < 4.78 is 0. The van der Waals surface area contributed by atoms with Crippen LogP contribution in [0.25, 0.3) is 0 Å². The number of benzene rings is 1. The second-order valence-electron chi connectivity index (χ2n) is 5.34. The molecule has 0 fully saturated rings. The minimum Gasteiger partial charge on any atom is -0.508 e. The SMILES string of the molecule is CCCCC(CC)CNC(CC)c1ccccc1O. The highest BCUT2D eigenvalue weighted by molar-refractivity contribution is 5.34. The summed E-state index contributed by atoms with van der Waals surface area (Å²) in [5, 5.41) is 13.6. The van der Waals surface area contributed by atoms with Crippen LogP contribution in [0.5, 0.6) is 5.75 Å². The van der Waals surface area contributed by atoms with E-state index in [1.165, 1.54) is 25.7 Å². The molecule has 0 amide bonds. The second kappa shape index (κ2) is 8.98. The Morgan fingerprint density at radius 1 is 1.11 bits per heavy atom. The zero-order valence-electron chi connectivity index (χ0n) is 12.7. The predicted molar refractivity (Wildman–Crippen MR) is 82.4 cm³/mol. The standard InChI is InChI=1S/C17H29NO/c1-4-7-10-14(5-2)13-18-16(6-3)15-11-8-9-12-17(15)19/h8-9,11-12,14,16,18-19H,4-7,10,13H2,1-3H3. The van der Waals surface area contributed by atoms with E-state index in [9.17, 15) is 5.11 Å². The maximum atomic E-state index is 9.94. The fraction of sp³-hybridized carbons (Fsp3) is 0.647. The number of nitrogens with one attached hydrogen (secondary N) is 1. The topological polar surface area (TPSA) is 32.3 Å². The molecule has 1 aromatic carbocycles. The third-order valence-corrected chi connectivity index (χ3v) is 3.92. The van der Waals surface area contributed by atoms with E-state index >= 15 is 0 Å². The van der Waals surface area contributed by atoms with Crippen LogP contribution >= 0.6 is 0 Å². The van der Waals surface area contributed by atoms with Gasteiger partial charge < -0.3 is 10.4 Å². The molecule has 0 saturated heterocycles. The average Bonchev–Trinajstić information content (AvgIpc) is 2.44. The molecule has 0 aliphatic carbocycles. The first-order chi connectivity index (χ1) is 9.22. The first-order valence-corrected chi connectivity index (χ1v) is 7.74. The molecule has 0 heterocycles. The number of para-hydroxylation sites is 1. The van der Waals surface area contributed by atoms with Crippen LogP contribution in [0.1, 0.15) is 64.5 Å². The molecule has 1 aromatic rings. The Morgan fingerprint density at radius 2 is 1.84 bits per heavy atom. The zero-order valence-corrected chi connectivity index (χ0v) is 12.7. The van der Waals surface area contributed by atoms with E-state index in [4.69, 9.17) is 0 Å². The van der Waals surface area contributed by atoms with E-state index in [-0.39, 0.29) is 6.04 Å². The van der Waals surface area contributed by atoms with Gasteiger partial charge in [-0.2, -0.15) is 0 Å². The van der Waals surface area contributed by atoms with E-state index in [0.717, 1.165) is 24.4 Å². The van der Waals surface area contributed by atoms with Crippen LogP contribution in [-0.2, 0) is 0 Å². The molecule has 0 aliphatic rings. The Bertz CT molecular complexity index is 351. The molecule has 2 nitrogen and oxygen atoms in total. The highest BCUT2D eigenvalue weighted by Gasteiger charge is 2.14. The summed E-state index contributed by atoms with van der Waals surface area (Å²) in [5.74, 6) is 1.16. The highest BCUT2D eigenvalue weighted by Crippen LogP contribution is 2.26. The Labute approximate surface area is 118 Å². The van der Waals surface area contributed by atoms with Gasteiger partial charge in [0.05, 0.1) is 0 Å². The molecule has 19 heavy (non-hydrogen) atoms. The van der Waals surface area contributed by atoms with E-state index < -0.39 is 0 Å². The first-order valence-electron chi connectivity index (χ1n) is 7.74. The molecule has 0 saturated carbocycles. The van der Waals surface area contributed by atoms with Crippen LogP contribution in [0.3, 0.4) is 0 Å². The van der Waals surface area contributed by atoms with Crippen LogP contribution < -0.4 is 5.32 Å². The zero-order chi connectivity index (χ0) is 14.1. The smallest absolute Gasteiger partial charge is 0.120 e. The lowest BCUT2D eigenvalue weighted by Gasteiger charge is -2.22. The van der Waals surface area contributed by atoms with Gasteiger partial charge in [0.25, 0.3) is 0 Å². The normalized spacial score (nSPS) is 14.3. The summed E-state index contributed by atoms with van der Waals surface area (Å²) in [5.41, 5.74) is 1.02. The maximum absolute atomic E-state index is 9.94. The number of hydrogen-bond acceptors (Lipinski definition) is 2. The monoisotopic (exact) mass is 263 g/mol. The van der Waals surface area contributed by atoms with Gasteiger partial charge in [-0.25, -0.2) is 0 Å². The van der Waals surface area contributed by atoms with Crippen LogP contribution in [0, 0.1) is 5.92 Å². The van der Waals surface area contributed by atoms with Crippen molar-refractivity contribution in [2.45, 2.75) is 58.9 Å². The summed E-state index contributed by atoms with van der Waals surface area (Å²) in [4.78, 5) is 0. The van der Waals surface area contributed by atoms with Crippen molar-refractivity contribution >= 4 is 0 Å². The molecule has 0 radical (unpaired) electrons. The lowest BCUT2D eigenvalue weighted by Crippen LogP contribution is -2.27. The van der Waals surface area contributed by atoms with Gasteiger partial charge in [-0.15, -0.1) is 0 Å².